The largest absolute Gasteiger partial charge is 0.465 e. The topological polar surface area (TPSA) is 134 Å². The third-order valence-electron chi connectivity index (χ3n) is 5.05. The minimum Gasteiger partial charge on any atom is -0.465 e. The molecule has 3 rings (SSSR count). The molecule has 1 aliphatic heterocycles. The molecule has 2 heterocycles. The molecule has 10 nitrogen and oxygen atoms in total. The van der Waals surface area contributed by atoms with Crippen molar-refractivity contribution in [3.05, 3.63) is 17.5 Å². The van der Waals surface area contributed by atoms with Gasteiger partial charge in [-0.05, 0) is 30.6 Å². The maximum atomic E-state index is 11.8. The van der Waals surface area contributed by atoms with E-state index in [2.05, 4.69) is 15.8 Å². The van der Waals surface area contributed by atoms with E-state index in [0.29, 0.717) is 25.6 Å². The van der Waals surface area contributed by atoms with Gasteiger partial charge in [0.1, 0.15) is 0 Å². The molecular formula is C16H22N4O6. The number of amides is 3. The van der Waals surface area contributed by atoms with Crippen LogP contribution in [0, 0.1) is 11.3 Å². The van der Waals surface area contributed by atoms with Gasteiger partial charge in [0, 0.05) is 32.7 Å². The summed E-state index contributed by atoms with van der Waals surface area (Å²) in [5.41, 5.74) is 0.211. The SMILES string of the molecule is CNC(=O)c1cc(COC(=O)NCC2CC3(CCN(C(=O)O)C3)C2)on1. The van der Waals surface area contributed by atoms with Gasteiger partial charge in [-0.3, -0.25) is 4.79 Å². The van der Waals surface area contributed by atoms with E-state index in [9.17, 15) is 14.4 Å². The highest BCUT2D eigenvalue weighted by Crippen LogP contribution is 2.51. The average molecular weight is 366 g/mol. The predicted molar refractivity (Wildman–Crippen MR) is 87.5 cm³/mol. The number of hydrogen-bond acceptors (Lipinski definition) is 6. The molecule has 2 aliphatic rings. The van der Waals surface area contributed by atoms with Crippen LogP contribution in [-0.2, 0) is 11.3 Å². The number of carbonyl (C=O) groups excluding carboxylic acids is 2. The van der Waals surface area contributed by atoms with Crippen molar-refractivity contribution in [2.75, 3.05) is 26.7 Å². The second-order valence-electron chi connectivity index (χ2n) is 6.94. The molecule has 1 spiro atoms. The maximum Gasteiger partial charge on any atom is 0.407 e. The summed E-state index contributed by atoms with van der Waals surface area (Å²) >= 11 is 0. The Labute approximate surface area is 149 Å². The Morgan fingerprint density at radius 2 is 2.23 bits per heavy atom. The van der Waals surface area contributed by atoms with Crippen LogP contribution in [0.2, 0.25) is 0 Å². The van der Waals surface area contributed by atoms with E-state index in [0.717, 1.165) is 19.3 Å². The Kier molecular flexibility index (Phi) is 5.01. The smallest absolute Gasteiger partial charge is 0.407 e. The first-order valence-electron chi connectivity index (χ1n) is 8.47. The van der Waals surface area contributed by atoms with Crippen LogP contribution in [0.4, 0.5) is 9.59 Å². The van der Waals surface area contributed by atoms with Crippen molar-refractivity contribution in [3.63, 3.8) is 0 Å². The average Bonchev–Trinajstić information content (AvgIpc) is 3.23. The standard InChI is InChI=1S/C16H22N4O6/c1-17-13(21)12-4-11(26-19-12)8-25-14(22)18-7-10-5-16(6-10)2-3-20(9-16)15(23)24/h4,10H,2-3,5-9H2,1H3,(H,17,21)(H,18,22)(H,23,24). The van der Waals surface area contributed by atoms with Crippen molar-refractivity contribution in [2.45, 2.75) is 25.9 Å². The van der Waals surface area contributed by atoms with Crippen molar-refractivity contribution in [1.82, 2.24) is 20.7 Å². The predicted octanol–water partition coefficient (Wildman–Crippen LogP) is 1.04. The van der Waals surface area contributed by atoms with Crippen LogP contribution >= 0.6 is 0 Å². The molecule has 0 unspecified atom stereocenters. The molecule has 0 bridgehead atoms. The number of ether oxygens (including phenoxy) is 1. The first-order chi connectivity index (χ1) is 12.4. The van der Waals surface area contributed by atoms with Crippen molar-refractivity contribution in [1.29, 1.82) is 0 Å². The first-order valence-corrected chi connectivity index (χ1v) is 8.47. The van der Waals surface area contributed by atoms with Crippen LogP contribution in [0.5, 0.6) is 0 Å². The van der Waals surface area contributed by atoms with Crippen LogP contribution < -0.4 is 10.6 Å². The van der Waals surface area contributed by atoms with Gasteiger partial charge in [0.05, 0.1) is 0 Å². The fraction of sp³-hybridized carbons (Fsp3) is 0.625. The van der Waals surface area contributed by atoms with Crippen molar-refractivity contribution in [3.8, 4) is 0 Å². The lowest BCUT2D eigenvalue weighted by molar-refractivity contribution is 0.0591. The molecule has 0 aromatic carbocycles. The van der Waals surface area contributed by atoms with E-state index in [-0.39, 0.29) is 29.4 Å². The fourth-order valence-electron chi connectivity index (χ4n) is 3.77. The third kappa shape index (κ3) is 3.89. The van der Waals surface area contributed by atoms with E-state index in [4.69, 9.17) is 14.4 Å². The summed E-state index contributed by atoms with van der Waals surface area (Å²) in [5, 5.41) is 17.7. The number of hydrogen-bond donors (Lipinski definition) is 3. The minimum absolute atomic E-state index is 0.0880. The molecule has 26 heavy (non-hydrogen) atoms. The lowest BCUT2D eigenvalue weighted by atomic mass is 9.61. The second-order valence-corrected chi connectivity index (χ2v) is 6.94. The maximum absolute atomic E-state index is 11.8. The number of aromatic nitrogens is 1. The lowest BCUT2D eigenvalue weighted by Crippen LogP contribution is -2.45. The number of nitrogens with zero attached hydrogens (tertiary/aromatic N) is 2. The van der Waals surface area contributed by atoms with E-state index < -0.39 is 12.2 Å². The van der Waals surface area contributed by atoms with Crippen molar-refractivity contribution >= 4 is 18.1 Å². The van der Waals surface area contributed by atoms with Crippen molar-refractivity contribution < 1.29 is 28.8 Å². The van der Waals surface area contributed by atoms with Crippen molar-refractivity contribution in [2.24, 2.45) is 11.3 Å². The summed E-state index contributed by atoms with van der Waals surface area (Å²) in [4.78, 5) is 35.6. The quantitative estimate of drug-likeness (QED) is 0.709. The Morgan fingerprint density at radius 3 is 2.88 bits per heavy atom. The van der Waals surface area contributed by atoms with Gasteiger partial charge in [-0.2, -0.15) is 0 Å². The van der Waals surface area contributed by atoms with Crippen LogP contribution in [0.15, 0.2) is 10.6 Å². The molecule has 0 radical (unpaired) electrons. The summed E-state index contributed by atoms with van der Waals surface area (Å²) in [6.45, 7) is 1.56. The van der Waals surface area contributed by atoms with Crippen LogP contribution in [-0.4, -0.2) is 59.9 Å². The second kappa shape index (κ2) is 7.22. The van der Waals surface area contributed by atoms with Gasteiger partial charge in [-0.25, -0.2) is 9.59 Å². The molecule has 10 heteroatoms. The minimum atomic E-state index is -0.862. The van der Waals surface area contributed by atoms with Crippen LogP contribution in [0.25, 0.3) is 0 Å². The molecular weight excluding hydrogens is 344 g/mol. The number of nitrogens with one attached hydrogen (secondary N) is 2. The number of likely N-dealkylation sites (tertiary alicyclic amines) is 1. The number of rotatable bonds is 5. The van der Waals surface area contributed by atoms with Gasteiger partial charge in [0.15, 0.2) is 18.1 Å². The summed E-state index contributed by atoms with van der Waals surface area (Å²) in [6, 6.07) is 1.41. The molecule has 1 saturated heterocycles. The van der Waals surface area contributed by atoms with Gasteiger partial charge in [0.25, 0.3) is 5.91 Å². The normalized spacial score (nSPS) is 24.2. The highest BCUT2D eigenvalue weighted by Gasteiger charge is 2.49. The molecule has 1 aliphatic carbocycles. The third-order valence-corrected chi connectivity index (χ3v) is 5.05. The summed E-state index contributed by atoms with van der Waals surface area (Å²) < 4.78 is 9.96. The molecule has 142 valence electrons. The van der Waals surface area contributed by atoms with Crippen LogP contribution in [0.3, 0.4) is 0 Å². The fourth-order valence-corrected chi connectivity index (χ4v) is 3.77. The molecule has 1 saturated carbocycles. The lowest BCUT2D eigenvalue weighted by Gasteiger charge is -2.45. The molecule has 3 N–H and O–H groups in total. The highest BCUT2D eigenvalue weighted by molar-refractivity contribution is 5.91. The van der Waals surface area contributed by atoms with E-state index in [1.807, 2.05) is 0 Å². The molecule has 3 amide bonds. The number of carbonyl (C=O) groups is 3. The molecule has 1 aromatic heterocycles. The van der Waals surface area contributed by atoms with Gasteiger partial charge in [0.2, 0.25) is 0 Å². The first kappa shape index (κ1) is 18.0. The Morgan fingerprint density at radius 1 is 1.46 bits per heavy atom. The Balaban J connectivity index is 1.34. The van der Waals surface area contributed by atoms with Gasteiger partial charge in [-0.1, -0.05) is 5.16 Å². The monoisotopic (exact) mass is 366 g/mol. The van der Waals surface area contributed by atoms with E-state index >= 15 is 0 Å². The van der Waals surface area contributed by atoms with Crippen LogP contribution in [0.1, 0.15) is 35.5 Å². The zero-order chi connectivity index (χ0) is 18.7. The number of alkyl carbamates (subject to hydrolysis) is 1. The Bertz CT molecular complexity index is 697. The van der Waals surface area contributed by atoms with E-state index in [1.165, 1.54) is 18.0 Å². The molecule has 0 atom stereocenters. The zero-order valence-corrected chi connectivity index (χ0v) is 14.5. The zero-order valence-electron chi connectivity index (χ0n) is 14.5. The van der Waals surface area contributed by atoms with E-state index in [1.54, 1.807) is 0 Å². The number of carboxylic acid groups (broad SMARTS) is 1. The molecule has 2 fully saturated rings. The summed E-state index contributed by atoms with van der Waals surface area (Å²) in [6.07, 6.45) is 1.28. The highest BCUT2D eigenvalue weighted by atomic mass is 16.6. The molecule has 1 aromatic rings. The summed E-state index contributed by atoms with van der Waals surface area (Å²) in [5.74, 6) is 0.235. The summed E-state index contributed by atoms with van der Waals surface area (Å²) in [7, 11) is 1.48. The Hall–Kier alpha value is -2.78. The van der Waals surface area contributed by atoms with Gasteiger partial charge in [-0.15, -0.1) is 0 Å². The van der Waals surface area contributed by atoms with Gasteiger partial charge < -0.3 is 29.9 Å². The van der Waals surface area contributed by atoms with Gasteiger partial charge >= 0.3 is 12.2 Å².